The molecule has 0 bridgehead atoms. The summed E-state index contributed by atoms with van der Waals surface area (Å²) < 4.78 is 27.6. The van der Waals surface area contributed by atoms with Crippen LogP contribution in [0.4, 0.5) is 22.7 Å². The molecule has 2 aliphatic rings. The van der Waals surface area contributed by atoms with E-state index in [1.54, 1.807) is 67.6 Å². The molecule has 0 spiro atoms. The smallest absolute Gasteiger partial charge is 0.266 e. The van der Waals surface area contributed by atoms with Crippen molar-refractivity contribution < 1.29 is 27.6 Å². The number of hydrogen-bond acceptors (Lipinski definition) is 8. The van der Waals surface area contributed by atoms with Crippen LogP contribution in [-0.4, -0.2) is 32.0 Å². The van der Waals surface area contributed by atoms with E-state index in [1.165, 1.54) is 42.5 Å². The average molecular weight is 705 g/mol. The maximum absolute atomic E-state index is 13.8. The summed E-state index contributed by atoms with van der Waals surface area (Å²) in [5, 5.41) is 0. The maximum Gasteiger partial charge on any atom is 0.266 e. The number of nitrogens with two attached hydrogens (primary N) is 2. The van der Waals surface area contributed by atoms with E-state index >= 15 is 0 Å². The number of imide groups is 2. The van der Waals surface area contributed by atoms with E-state index in [4.69, 9.17) is 11.5 Å². The normalized spacial score (nSPS) is 13.9. The zero-order chi connectivity index (χ0) is 36.5. The lowest BCUT2D eigenvalue weighted by molar-refractivity contribution is 0.0910. The molecule has 0 fully saturated rings. The van der Waals surface area contributed by atoms with Crippen molar-refractivity contribution >= 4 is 56.2 Å². The number of sulfone groups is 1. The van der Waals surface area contributed by atoms with Gasteiger partial charge in [0.1, 0.15) is 0 Å². The zero-order valence-corrected chi connectivity index (χ0v) is 28.3. The Morgan fingerprint density at radius 2 is 0.846 bits per heavy atom. The fourth-order valence-corrected chi connectivity index (χ4v) is 8.11. The van der Waals surface area contributed by atoms with Gasteiger partial charge in [-0.1, -0.05) is 36.4 Å². The summed E-state index contributed by atoms with van der Waals surface area (Å²) in [5.41, 5.74) is 17.7. The standard InChI is InChI=1S/C41H28N4O6S/c1-23-20-31(45-39(47)34-18-7-27(22-36(34)41(45)49)25-4-10-29(43)11-5-25)14-19-37(23)52(50,51)32-15-12-30(13-16-32)44-38(46)33-17-6-26(21-35(33)40(44)48)24-2-8-28(42)9-3-24/h2-22H,42-43H2,1H3. The summed E-state index contributed by atoms with van der Waals surface area (Å²) in [4.78, 5) is 55.6. The third-order valence-corrected chi connectivity index (χ3v) is 11.3. The second kappa shape index (κ2) is 11.9. The fraction of sp³-hybridized carbons (Fsp3) is 0.0244. The minimum Gasteiger partial charge on any atom is -0.399 e. The minimum atomic E-state index is -4.08. The molecule has 0 aliphatic carbocycles. The van der Waals surface area contributed by atoms with Gasteiger partial charge in [0.2, 0.25) is 9.84 Å². The van der Waals surface area contributed by atoms with Gasteiger partial charge in [-0.2, -0.15) is 0 Å². The largest absolute Gasteiger partial charge is 0.399 e. The van der Waals surface area contributed by atoms with Crippen LogP contribution < -0.4 is 21.3 Å². The fourth-order valence-electron chi connectivity index (χ4n) is 6.64. The van der Waals surface area contributed by atoms with Crippen molar-refractivity contribution in [1.29, 1.82) is 0 Å². The molecule has 52 heavy (non-hydrogen) atoms. The summed E-state index contributed by atoms with van der Waals surface area (Å²) in [7, 11) is -4.08. The van der Waals surface area contributed by atoms with Crippen molar-refractivity contribution in [2.75, 3.05) is 21.3 Å². The molecule has 254 valence electrons. The highest BCUT2D eigenvalue weighted by molar-refractivity contribution is 7.91. The van der Waals surface area contributed by atoms with Gasteiger partial charge in [0.15, 0.2) is 0 Å². The molecule has 0 aromatic heterocycles. The van der Waals surface area contributed by atoms with Crippen LogP contribution in [0.3, 0.4) is 0 Å². The molecular formula is C41H28N4O6S. The molecule has 0 atom stereocenters. The van der Waals surface area contributed by atoms with Crippen LogP contribution in [0.2, 0.25) is 0 Å². The van der Waals surface area contributed by atoms with Gasteiger partial charge < -0.3 is 11.5 Å². The Morgan fingerprint density at radius 3 is 1.31 bits per heavy atom. The Bertz CT molecular complexity index is 2640. The highest BCUT2D eigenvalue weighted by atomic mass is 32.2. The Kier molecular flexibility index (Phi) is 7.40. The molecule has 6 aromatic carbocycles. The topological polar surface area (TPSA) is 161 Å². The van der Waals surface area contributed by atoms with Gasteiger partial charge in [-0.15, -0.1) is 0 Å². The molecule has 0 saturated heterocycles. The van der Waals surface area contributed by atoms with E-state index in [9.17, 15) is 27.6 Å². The second-order valence-corrected chi connectivity index (χ2v) is 14.5. The van der Waals surface area contributed by atoms with E-state index in [0.29, 0.717) is 16.9 Å². The third-order valence-electron chi connectivity index (χ3n) is 9.37. The van der Waals surface area contributed by atoms with Crippen LogP contribution in [0.25, 0.3) is 22.3 Å². The number of benzene rings is 6. The Balaban J connectivity index is 1.03. The first kappa shape index (κ1) is 32.4. The second-order valence-electron chi connectivity index (χ2n) is 12.6. The molecule has 0 unspecified atom stereocenters. The van der Waals surface area contributed by atoms with Crippen molar-refractivity contribution in [2.24, 2.45) is 0 Å². The molecule has 0 saturated carbocycles. The van der Waals surface area contributed by atoms with Crippen LogP contribution in [0.15, 0.2) is 137 Å². The van der Waals surface area contributed by atoms with Gasteiger partial charge in [0, 0.05) is 11.4 Å². The number of fused-ring (bicyclic) bond motifs is 2. The van der Waals surface area contributed by atoms with Crippen LogP contribution in [0.1, 0.15) is 47.0 Å². The molecular weight excluding hydrogens is 677 g/mol. The molecule has 11 heteroatoms. The van der Waals surface area contributed by atoms with Crippen molar-refractivity contribution in [3.8, 4) is 22.3 Å². The summed E-state index contributed by atoms with van der Waals surface area (Å²) in [6.45, 7) is 1.58. The highest BCUT2D eigenvalue weighted by Crippen LogP contribution is 2.36. The number of hydrogen-bond donors (Lipinski definition) is 2. The molecule has 0 radical (unpaired) electrons. The lowest BCUT2D eigenvalue weighted by Gasteiger charge is -2.17. The van der Waals surface area contributed by atoms with Crippen molar-refractivity contribution in [3.05, 3.63) is 155 Å². The van der Waals surface area contributed by atoms with Gasteiger partial charge in [-0.3, -0.25) is 19.2 Å². The number of anilines is 4. The molecule has 10 nitrogen and oxygen atoms in total. The summed E-state index contributed by atoms with van der Waals surface area (Å²) in [6, 6.07) is 34.2. The first-order chi connectivity index (χ1) is 24.9. The average Bonchev–Trinajstić information content (AvgIpc) is 3.55. The van der Waals surface area contributed by atoms with E-state index < -0.39 is 33.5 Å². The van der Waals surface area contributed by atoms with Crippen molar-refractivity contribution in [2.45, 2.75) is 16.7 Å². The molecule has 8 rings (SSSR count). The number of aryl methyl sites for hydroxylation is 1. The number of carbonyl (C=O) groups excluding carboxylic acids is 4. The predicted octanol–water partition coefficient (Wildman–Crippen LogP) is 6.93. The number of amides is 4. The third kappa shape index (κ3) is 5.14. The summed E-state index contributed by atoms with van der Waals surface area (Å²) in [6.07, 6.45) is 0. The van der Waals surface area contributed by atoms with Gasteiger partial charge in [-0.25, -0.2) is 18.2 Å². The first-order valence-electron chi connectivity index (χ1n) is 16.2. The van der Waals surface area contributed by atoms with Gasteiger partial charge in [0.25, 0.3) is 23.6 Å². The summed E-state index contributed by atoms with van der Waals surface area (Å²) >= 11 is 0. The van der Waals surface area contributed by atoms with Crippen molar-refractivity contribution in [3.63, 3.8) is 0 Å². The molecule has 4 N–H and O–H groups in total. The number of carbonyl (C=O) groups is 4. The molecule has 2 aliphatic heterocycles. The van der Waals surface area contributed by atoms with Gasteiger partial charge in [-0.05, 0) is 126 Å². The minimum absolute atomic E-state index is 0.0258. The molecule has 2 heterocycles. The van der Waals surface area contributed by atoms with Crippen LogP contribution >= 0.6 is 0 Å². The van der Waals surface area contributed by atoms with Gasteiger partial charge >= 0.3 is 0 Å². The van der Waals surface area contributed by atoms with Crippen LogP contribution in [0, 0.1) is 6.92 Å². The SMILES string of the molecule is Cc1cc(N2C(=O)c3ccc(-c4ccc(N)cc4)cc3C2=O)ccc1S(=O)(=O)c1ccc(N2C(=O)c3ccc(-c4ccc(N)cc4)cc3C2=O)cc1. The predicted molar refractivity (Wildman–Crippen MR) is 198 cm³/mol. The summed E-state index contributed by atoms with van der Waals surface area (Å²) in [5.74, 6) is -2.06. The van der Waals surface area contributed by atoms with E-state index in [1.807, 2.05) is 24.3 Å². The number of rotatable bonds is 6. The van der Waals surface area contributed by atoms with Crippen molar-refractivity contribution in [1.82, 2.24) is 0 Å². The monoisotopic (exact) mass is 704 g/mol. The molecule has 6 aromatic rings. The highest BCUT2D eigenvalue weighted by Gasteiger charge is 2.39. The number of nitrogen functional groups attached to an aromatic ring is 2. The van der Waals surface area contributed by atoms with E-state index in [-0.39, 0.29) is 43.4 Å². The quantitative estimate of drug-likeness (QED) is 0.139. The Morgan fingerprint density at radius 1 is 0.442 bits per heavy atom. The Labute approximate surface area is 298 Å². The number of nitrogens with zero attached hydrogens (tertiary/aromatic N) is 2. The lowest BCUT2D eigenvalue weighted by Crippen LogP contribution is -2.29. The van der Waals surface area contributed by atoms with E-state index in [0.717, 1.165) is 32.1 Å². The maximum atomic E-state index is 13.8. The lowest BCUT2D eigenvalue weighted by atomic mass is 10.00. The zero-order valence-electron chi connectivity index (χ0n) is 27.5. The molecule has 4 amide bonds. The van der Waals surface area contributed by atoms with Gasteiger partial charge in [0.05, 0.1) is 43.4 Å². The Hall–Kier alpha value is -6.85. The first-order valence-corrected chi connectivity index (χ1v) is 17.6. The van der Waals surface area contributed by atoms with Crippen LogP contribution in [0.5, 0.6) is 0 Å². The van der Waals surface area contributed by atoms with E-state index in [2.05, 4.69) is 0 Å². The van der Waals surface area contributed by atoms with Crippen LogP contribution in [-0.2, 0) is 9.84 Å².